The minimum absolute atomic E-state index is 0.112. The Morgan fingerprint density at radius 2 is 1.96 bits per heavy atom. The zero-order chi connectivity index (χ0) is 17.4. The molecular weight excluding hydrogens is 436 g/mol. The molecule has 0 fully saturated rings. The van der Waals surface area contributed by atoms with Crippen LogP contribution in [0.25, 0.3) is 6.08 Å². The van der Waals surface area contributed by atoms with Gasteiger partial charge in [-0.15, -0.1) is 0 Å². The van der Waals surface area contributed by atoms with Crippen LogP contribution in [0.5, 0.6) is 5.75 Å². The number of hydrogen-bond donors (Lipinski definition) is 1. The van der Waals surface area contributed by atoms with Gasteiger partial charge in [0.1, 0.15) is 5.75 Å². The molecule has 6 heteroatoms. The highest BCUT2D eigenvalue weighted by Gasteiger charge is 2.05. The number of benzene rings is 2. The van der Waals surface area contributed by atoms with Crippen LogP contribution in [0.2, 0.25) is 0 Å². The average molecular weight is 452 g/mol. The molecule has 4 nitrogen and oxygen atoms in total. The van der Waals surface area contributed by atoms with Gasteiger partial charge in [-0.1, -0.05) is 52.3 Å². The lowest BCUT2D eigenvalue weighted by Gasteiger charge is -2.07. The number of hydrogen-bond acceptors (Lipinski definition) is 3. The molecule has 1 N–H and O–H groups in total. The fourth-order valence-corrected chi connectivity index (χ4v) is 2.90. The number of hydrazone groups is 1. The van der Waals surface area contributed by atoms with E-state index in [-0.39, 0.29) is 12.5 Å². The first-order valence-electron chi connectivity index (χ1n) is 7.19. The smallest absolute Gasteiger partial charge is 0.277 e. The summed E-state index contributed by atoms with van der Waals surface area (Å²) in [6, 6.07) is 15.3. The van der Waals surface area contributed by atoms with Gasteiger partial charge in [0.25, 0.3) is 5.91 Å². The van der Waals surface area contributed by atoms with E-state index in [4.69, 9.17) is 4.74 Å². The molecule has 2 rings (SSSR count). The van der Waals surface area contributed by atoms with Gasteiger partial charge >= 0.3 is 0 Å². The van der Waals surface area contributed by atoms with Crippen LogP contribution in [0.1, 0.15) is 12.5 Å². The highest BCUT2D eigenvalue weighted by molar-refractivity contribution is 9.11. The van der Waals surface area contributed by atoms with E-state index in [1.54, 1.807) is 6.07 Å². The quantitative estimate of drug-likeness (QED) is 0.506. The summed E-state index contributed by atoms with van der Waals surface area (Å²) in [6.45, 7) is 1.70. The van der Waals surface area contributed by atoms with E-state index in [9.17, 15) is 4.79 Å². The summed E-state index contributed by atoms with van der Waals surface area (Å²) in [5, 5.41) is 4.02. The summed E-state index contributed by atoms with van der Waals surface area (Å²) in [5.74, 6) is 0.273. The van der Waals surface area contributed by atoms with Gasteiger partial charge in [0.15, 0.2) is 6.61 Å². The molecule has 0 saturated heterocycles. The number of carbonyl (C=O) groups is 1. The molecule has 0 heterocycles. The Labute approximate surface area is 157 Å². The van der Waals surface area contributed by atoms with E-state index < -0.39 is 0 Å². The van der Waals surface area contributed by atoms with Crippen LogP contribution >= 0.6 is 31.9 Å². The van der Waals surface area contributed by atoms with E-state index in [2.05, 4.69) is 42.4 Å². The number of allylic oxidation sites excluding steroid dienone is 1. The van der Waals surface area contributed by atoms with Crippen molar-refractivity contribution in [2.24, 2.45) is 5.10 Å². The molecule has 0 aliphatic rings. The third kappa shape index (κ3) is 6.29. The molecule has 0 atom stereocenters. The molecule has 24 heavy (non-hydrogen) atoms. The van der Waals surface area contributed by atoms with Crippen molar-refractivity contribution in [3.63, 3.8) is 0 Å². The highest BCUT2D eigenvalue weighted by atomic mass is 79.9. The zero-order valence-corrected chi connectivity index (χ0v) is 16.2. The number of ether oxygens (including phenoxy) is 1. The van der Waals surface area contributed by atoms with Crippen molar-refractivity contribution in [3.8, 4) is 5.75 Å². The summed E-state index contributed by atoms with van der Waals surface area (Å²) >= 11 is 6.74. The summed E-state index contributed by atoms with van der Waals surface area (Å²) in [7, 11) is 0. The molecule has 0 unspecified atom stereocenters. The van der Waals surface area contributed by atoms with Crippen LogP contribution in [-0.2, 0) is 4.79 Å². The maximum Gasteiger partial charge on any atom is 0.277 e. The second kappa shape index (κ2) is 9.39. The second-order valence-corrected chi connectivity index (χ2v) is 6.67. The first kappa shape index (κ1) is 18.4. The largest absolute Gasteiger partial charge is 0.483 e. The lowest BCUT2D eigenvalue weighted by molar-refractivity contribution is -0.123. The van der Waals surface area contributed by atoms with Crippen LogP contribution < -0.4 is 10.2 Å². The number of halogens is 2. The van der Waals surface area contributed by atoms with Crippen LogP contribution in [0.3, 0.4) is 0 Å². The number of amides is 1. The maximum atomic E-state index is 11.8. The van der Waals surface area contributed by atoms with Gasteiger partial charge in [-0.2, -0.15) is 5.10 Å². The van der Waals surface area contributed by atoms with Crippen LogP contribution in [0.4, 0.5) is 0 Å². The zero-order valence-electron chi connectivity index (χ0n) is 13.0. The summed E-state index contributed by atoms with van der Waals surface area (Å²) in [6.07, 6.45) is 3.77. The van der Waals surface area contributed by atoms with Crippen molar-refractivity contribution in [1.82, 2.24) is 5.43 Å². The Hall–Kier alpha value is -1.92. The summed E-state index contributed by atoms with van der Waals surface area (Å²) < 4.78 is 7.15. The fourth-order valence-electron chi connectivity index (χ4n) is 1.74. The molecule has 0 saturated carbocycles. The van der Waals surface area contributed by atoms with Crippen molar-refractivity contribution < 1.29 is 9.53 Å². The van der Waals surface area contributed by atoms with Crippen LogP contribution in [0, 0.1) is 0 Å². The third-order valence-corrected chi connectivity index (χ3v) is 4.04. The van der Waals surface area contributed by atoms with Gasteiger partial charge in [0, 0.05) is 4.47 Å². The van der Waals surface area contributed by atoms with Crippen molar-refractivity contribution in [2.75, 3.05) is 6.61 Å². The Kier molecular flexibility index (Phi) is 7.21. The van der Waals surface area contributed by atoms with Gasteiger partial charge in [0.2, 0.25) is 0 Å². The average Bonchev–Trinajstić information content (AvgIpc) is 2.58. The van der Waals surface area contributed by atoms with Gasteiger partial charge < -0.3 is 4.74 Å². The third-order valence-electron chi connectivity index (χ3n) is 2.93. The molecule has 124 valence electrons. The van der Waals surface area contributed by atoms with Crippen molar-refractivity contribution in [3.05, 3.63) is 69.1 Å². The van der Waals surface area contributed by atoms with Gasteiger partial charge in [-0.3, -0.25) is 4.79 Å². The van der Waals surface area contributed by atoms with Gasteiger partial charge in [-0.05, 0) is 52.7 Å². The van der Waals surface area contributed by atoms with Gasteiger partial charge in [-0.25, -0.2) is 5.43 Å². The molecule has 2 aromatic rings. The number of nitrogens with zero attached hydrogens (tertiary/aromatic N) is 1. The minimum atomic E-state index is -0.322. The SMILES string of the molecule is CC(C=Cc1ccccc1)=NNC(=O)COc1ccc(Br)cc1Br. The van der Waals surface area contributed by atoms with Crippen molar-refractivity contribution in [2.45, 2.75) is 6.92 Å². The molecule has 2 aromatic carbocycles. The molecule has 0 aromatic heterocycles. The Morgan fingerprint density at radius 3 is 2.67 bits per heavy atom. The predicted octanol–water partition coefficient (Wildman–Crippen LogP) is 4.80. The first-order chi connectivity index (χ1) is 11.5. The van der Waals surface area contributed by atoms with Crippen molar-refractivity contribution in [1.29, 1.82) is 0 Å². The molecule has 0 aliphatic heterocycles. The number of carbonyl (C=O) groups excluding carboxylic acids is 1. The van der Waals surface area contributed by atoms with E-state index >= 15 is 0 Å². The maximum absolute atomic E-state index is 11.8. The summed E-state index contributed by atoms with van der Waals surface area (Å²) in [5.41, 5.74) is 4.23. The normalized spacial score (nSPS) is 11.5. The van der Waals surface area contributed by atoms with E-state index in [0.29, 0.717) is 11.5 Å². The van der Waals surface area contributed by atoms with E-state index in [1.807, 2.05) is 61.5 Å². The molecular formula is C18H16Br2N2O2. The van der Waals surface area contributed by atoms with Gasteiger partial charge in [0.05, 0.1) is 10.2 Å². The Bertz CT molecular complexity index is 759. The predicted molar refractivity (Wildman–Crippen MR) is 104 cm³/mol. The van der Waals surface area contributed by atoms with E-state index in [0.717, 1.165) is 14.5 Å². The first-order valence-corrected chi connectivity index (χ1v) is 8.77. The minimum Gasteiger partial charge on any atom is -0.483 e. The van der Waals surface area contributed by atoms with E-state index in [1.165, 1.54) is 0 Å². The molecule has 0 radical (unpaired) electrons. The second-order valence-electron chi connectivity index (χ2n) is 4.90. The highest BCUT2D eigenvalue weighted by Crippen LogP contribution is 2.27. The lowest BCUT2D eigenvalue weighted by atomic mass is 10.2. The van der Waals surface area contributed by atoms with Crippen LogP contribution in [0.15, 0.2) is 68.7 Å². The van der Waals surface area contributed by atoms with Crippen molar-refractivity contribution >= 4 is 49.6 Å². The Balaban J connectivity index is 1.82. The monoisotopic (exact) mass is 450 g/mol. The lowest BCUT2D eigenvalue weighted by Crippen LogP contribution is -2.25. The number of nitrogens with one attached hydrogen (secondary N) is 1. The molecule has 1 amide bonds. The molecule has 0 spiro atoms. The Morgan fingerprint density at radius 1 is 1.21 bits per heavy atom. The molecule has 0 bridgehead atoms. The molecule has 0 aliphatic carbocycles. The number of rotatable bonds is 6. The summed E-state index contributed by atoms with van der Waals surface area (Å²) in [4.78, 5) is 11.8. The topological polar surface area (TPSA) is 50.7 Å². The standard InChI is InChI=1S/C18H16Br2N2O2/c1-13(7-8-14-5-3-2-4-6-14)21-22-18(23)12-24-17-10-9-15(19)11-16(17)20/h2-11H,12H2,1H3,(H,22,23). The fraction of sp³-hybridized carbons (Fsp3) is 0.111. The van der Waals surface area contributed by atoms with Crippen LogP contribution in [-0.4, -0.2) is 18.2 Å².